The van der Waals surface area contributed by atoms with Crippen LogP contribution >= 0.6 is 0 Å². The second kappa shape index (κ2) is 4.67. The van der Waals surface area contributed by atoms with Gasteiger partial charge in [-0.1, -0.05) is 35.5 Å². The van der Waals surface area contributed by atoms with Gasteiger partial charge in [0, 0.05) is 30.2 Å². The lowest BCUT2D eigenvalue weighted by Crippen LogP contribution is -1.80. The van der Waals surface area contributed by atoms with Gasteiger partial charge < -0.3 is 9.09 Å². The first-order valence-corrected chi connectivity index (χ1v) is 5.46. The lowest BCUT2D eigenvalue weighted by Gasteiger charge is -1.90. The molecule has 0 aliphatic carbocycles. The summed E-state index contributed by atoms with van der Waals surface area (Å²) in [4.78, 5) is 8.21. The molecular formula is C13H10N4O. The summed E-state index contributed by atoms with van der Waals surface area (Å²) in [6.45, 7) is 0. The molecule has 0 spiro atoms. The highest BCUT2D eigenvalue weighted by atomic mass is 16.5. The van der Waals surface area contributed by atoms with Crippen LogP contribution in [-0.2, 0) is 0 Å². The zero-order chi connectivity index (χ0) is 12.2. The molecule has 0 saturated heterocycles. The second-order valence-corrected chi connectivity index (χ2v) is 3.65. The van der Waals surface area contributed by atoms with Crippen LogP contribution in [0.4, 0.5) is 0 Å². The maximum absolute atomic E-state index is 5.14. The van der Waals surface area contributed by atoms with Crippen LogP contribution in [0.3, 0.4) is 0 Å². The lowest BCUT2D eigenvalue weighted by atomic mass is 10.2. The van der Waals surface area contributed by atoms with E-state index < -0.39 is 0 Å². The minimum absolute atomic E-state index is 0.461. The van der Waals surface area contributed by atoms with Crippen LogP contribution < -0.4 is 0 Å². The Morgan fingerprint density at radius 3 is 2.83 bits per heavy atom. The Balaban J connectivity index is 1.82. The molecule has 0 atom stereocenters. The molecule has 0 aliphatic heterocycles. The van der Waals surface area contributed by atoms with Crippen LogP contribution in [-0.4, -0.2) is 19.7 Å². The smallest absolute Gasteiger partial charge is 0.252 e. The van der Waals surface area contributed by atoms with Gasteiger partial charge in [0.05, 0.1) is 6.33 Å². The van der Waals surface area contributed by atoms with Crippen molar-refractivity contribution in [3.05, 3.63) is 54.9 Å². The monoisotopic (exact) mass is 238 g/mol. The predicted octanol–water partition coefficient (Wildman–Crippen LogP) is 2.56. The maximum atomic E-state index is 5.14. The minimum atomic E-state index is 0.461. The number of benzene rings is 1. The summed E-state index contributed by atoms with van der Waals surface area (Å²) in [7, 11) is 0. The summed E-state index contributed by atoms with van der Waals surface area (Å²) < 4.78 is 6.93. The van der Waals surface area contributed by atoms with Gasteiger partial charge in [-0.2, -0.15) is 4.98 Å². The molecule has 3 rings (SSSR count). The molecule has 0 fully saturated rings. The van der Waals surface area contributed by atoms with Crippen molar-refractivity contribution in [2.24, 2.45) is 0 Å². The largest absolute Gasteiger partial charge is 0.334 e. The lowest BCUT2D eigenvalue weighted by molar-refractivity contribution is 0.411. The van der Waals surface area contributed by atoms with Crippen molar-refractivity contribution in [3.63, 3.8) is 0 Å². The van der Waals surface area contributed by atoms with Crippen molar-refractivity contribution in [3.8, 4) is 11.4 Å². The van der Waals surface area contributed by atoms with E-state index in [0.717, 1.165) is 5.56 Å². The molecule has 2 aromatic heterocycles. The second-order valence-electron chi connectivity index (χ2n) is 3.65. The van der Waals surface area contributed by atoms with Crippen LogP contribution in [0.2, 0.25) is 0 Å². The highest BCUT2D eigenvalue weighted by molar-refractivity contribution is 5.58. The standard InChI is InChI=1S/C13H10N4O/c1-2-4-11(5-3-1)13-15-12(18-16-13)6-8-17-9-7-14-10-17/h1-10H/b8-6+. The summed E-state index contributed by atoms with van der Waals surface area (Å²) in [6.07, 6.45) is 8.75. The molecule has 0 unspecified atom stereocenters. The molecule has 0 radical (unpaired) electrons. The average molecular weight is 238 g/mol. The third kappa shape index (κ3) is 2.20. The topological polar surface area (TPSA) is 56.7 Å². The molecule has 0 bridgehead atoms. The Hall–Kier alpha value is -2.69. The van der Waals surface area contributed by atoms with E-state index in [0.29, 0.717) is 11.7 Å². The summed E-state index contributed by atoms with van der Waals surface area (Å²) >= 11 is 0. The van der Waals surface area contributed by atoms with Crippen molar-refractivity contribution in [2.75, 3.05) is 0 Å². The van der Waals surface area contributed by atoms with Crippen LogP contribution in [0.15, 0.2) is 53.6 Å². The third-order valence-corrected chi connectivity index (χ3v) is 2.39. The average Bonchev–Trinajstić information content (AvgIpc) is 3.09. The number of nitrogens with zero attached hydrogens (tertiary/aromatic N) is 4. The van der Waals surface area contributed by atoms with Gasteiger partial charge in [0.15, 0.2) is 0 Å². The van der Waals surface area contributed by atoms with E-state index in [-0.39, 0.29) is 0 Å². The van der Waals surface area contributed by atoms with Gasteiger partial charge in [-0.05, 0) is 0 Å². The Morgan fingerprint density at radius 2 is 2.06 bits per heavy atom. The van der Waals surface area contributed by atoms with Crippen LogP contribution in [0.5, 0.6) is 0 Å². The Labute approximate surface area is 103 Å². The maximum Gasteiger partial charge on any atom is 0.252 e. The quantitative estimate of drug-likeness (QED) is 0.703. The van der Waals surface area contributed by atoms with Crippen molar-refractivity contribution in [1.82, 2.24) is 19.7 Å². The summed E-state index contributed by atoms with van der Waals surface area (Å²) in [5.41, 5.74) is 0.934. The van der Waals surface area contributed by atoms with E-state index in [1.54, 1.807) is 29.4 Å². The molecule has 3 aromatic rings. The molecule has 0 N–H and O–H groups in total. The summed E-state index contributed by atoms with van der Waals surface area (Å²) in [5.74, 6) is 1.04. The zero-order valence-corrected chi connectivity index (χ0v) is 9.47. The number of imidazole rings is 1. The number of hydrogen-bond donors (Lipinski definition) is 0. The fourth-order valence-corrected chi connectivity index (χ4v) is 1.51. The van der Waals surface area contributed by atoms with Gasteiger partial charge >= 0.3 is 0 Å². The van der Waals surface area contributed by atoms with Crippen LogP contribution in [0, 0.1) is 0 Å². The van der Waals surface area contributed by atoms with Gasteiger partial charge in [-0.25, -0.2) is 4.98 Å². The van der Waals surface area contributed by atoms with Crippen LogP contribution in [0.25, 0.3) is 23.7 Å². The highest BCUT2D eigenvalue weighted by Gasteiger charge is 2.05. The molecule has 88 valence electrons. The fourth-order valence-electron chi connectivity index (χ4n) is 1.51. The third-order valence-electron chi connectivity index (χ3n) is 2.39. The Kier molecular flexibility index (Phi) is 2.71. The Bertz CT molecular complexity index is 641. The van der Waals surface area contributed by atoms with Gasteiger partial charge in [0.25, 0.3) is 5.89 Å². The van der Waals surface area contributed by atoms with Gasteiger partial charge in [-0.15, -0.1) is 0 Å². The van der Waals surface area contributed by atoms with E-state index in [9.17, 15) is 0 Å². The molecule has 0 saturated carbocycles. The summed E-state index contributed by atoms with van der Waals surface area (Å²) in [5, 5.41) is 3.92. The number of aromatic nitrogens is 4. The normalized spacial score (nSPS) is 11.1. The molecule has 1 aromatic carbocycles. The molecule has 5 nitrogen and oxygen atoms in total. The highest BCUT2D eigenvalue weighted by Crippen LogP contribution is 2.15. The molecule has 2 heterocycles. The van der Waals surface area contributed by atoms with Crippen molar-refractivity contribution < 1.29 is 4.52 Å². The zero-order valence-electron chi connectivity index (χ0n) is 9.47. The minimum Gasteiger partial charge on any atom is -0.334 e. The van der Waals surface area contributed by atoms with Gasteiger partial charge in [-0.3, -0.25) is 0 Å². The van der Waals surface area contributed by atoms with Crippen LogP contribution in [0.1, 0.15) is 5.89 Å². The predicted molar refractivity (Wildman–Crippen MR) is 67.2 cm³/mol. The van der Waals surface area contributed by atoms with Crippen molar-refractivity contribution in [1.29, 1.82) is 0 Å². The first-order chi connectivity index (χ1) is 8.92. The Morgan fingerprint density at radius 1 is 1.17 bits per heavy atom. The molecule has 5 heteroatoms. The van der Waals surface area contributed by atoms with Gasteiger partial charge in [0.1, 0.15) is 0 Å². The first kappa shape index (κ1) is 10.5. The fraction of sp³-hybridized carbons (Fsp3) is 0. The van der Waals surface area contributed by atoms with E-state index >= 15 is 0 Å². The number of rotatable bonds is 3. The molecule has 0 aliphatic rings. The van der Waals surface area contributed by atoms with Gasteiger partial charge in [0.2, 0.25) is 5.82 Å². The van der Waals surface area contributed by atoms with Crippen molar-refractivity contribution in [2.45, 2.75) is 0 Å². The first-order valence-electron chi connectivity index (χ1n) is 5.46. The van der Waals surface area contributed by atoms with E-state index in [2.05, 4.69) is 15.1 Å². The molecular weight excluding hydrogens is 228 g/mol. The SMILES string of the molecule is C(=C\n1ccnc1)/c1nc(-c2ccccc2)no1. The molecule has 18 heavy (non-hydrogen) atoms. The van der Waals surface area contributed by atoms with E-state index in [4.69, 9.17) is 4.52 Å². The van der Waals surface area contributed by atoms with E-state index in [1.807, 2.05) is 36.5 Å². The summed E-state index contributed by atoms with van der Waals surface area (Å²) in [6, 6.07) is 9.70. The van der Waals surface area contributed by atoms with Crippen molar-refractivity contribution >= 4 is 12.3 Å². The molecule has 0 amide bonds. The van der Waals surface area contributed by atoms with E-state index in [1.165, 1.54) is 0 Å². The number of hydrogen-bond acceptors (Lipinski definition) is 4.